The fraction of sp³-hybridized carbons (Fsp3) is 0.294. The van der Waals surface area contributed by atoms with Crippen LogP contribution < -0.4 is 20.5 Å². The predicted octanol–water partition coefficient (Wildman–Crippen LogP) is 6.85. The topological polar surface area (TPSA) is 115 Å². The van der Waals surface area contributed by atoms with Gasteiger partial charge in [-0.15, -0.1) is 0 Å². The Morgan fingerprint density at radius 1 is 1.09 bits per heavy atom. The van der Waals surface area contributed by atoms with Crippen molar-refractivity contribution in [2.45, 2.75) is 45.3 Å². The lowest BCUT2D eigenvalue weighted by molar-refractivity contribution is 0.0794. The van der Waals surface area contributed by atoms with E-state index in [1.807, 2.05) is 30.3 Å². The number of nitrogens with zero attached hydrogens (tertiary/aromatic N) is 3. The number of ether oxygens (including phenoxy) is 2. The van der Waals surface area contributed by atoms with Gasteiger partial charge in [-0.1, -0.05) is 42.9 Å². The normalized spacial score (nSPS) is 14.1. The Morgan fingerprint density at radius 2 is 1.89 bits per heavy atom. The molecular weight excluding hydrogens is 574 g/mol. The first-order valence-electron chi connectivity index (χ1n) is 15.0. The second-order valence-corrected chi connectivity index (χ2v) is 12.0. The molecule has 0 aliphatic carbocycles. The Bertz CT molecular complexity index is 1720. The molecule has 44 heavy (non-hydrogen) atoms. The number of nitrogens with one attached hydrogen (secondary N) is 1. The molecule has 1 saturated heterocycles. The molecule has 0 atom stereocenters. The molecular formula is C34H37N5O4S. The summed E-state index contributed by atoms with van der Waals surface area (Å²) in [6, 6.07) is 21.2. The zero-order chi connectivity index (χ0) is 30.5. The van der Waals surface area contributed by atoms with Gasteiger partial charge in [-0.3, -0.25) is 15.0 Å². The van der Waals surface area contributed by atoms with Gasteiger partial charge in [-0.2, -0.15) is 0 Å². The molecule has 5 aromatic rings. The molecule has 1 amide bonds. The first kappa shape index (κ1) is 29.7. The molecule has 2 aromatic heterocycles. The number of hydrogen-bond donors (Lipinski definition) is 3. The number of aliphatic hydroxyl groups is 1. The molecule has 1 aliphatic rings. The first-order valence-corrected chi connectivity index (χ1v) is 15.9. The maximum Gasteiger partial charge on any atom is 0.257 e. The van der Waals surface area contributed by atoms with Gasteiger partial charge in [0.2, 0.25) is 5.06 Å². The highest BCUT2D eigenvalue weighted by Crippen LogP contribution is 2.37. The molecule has 0 bridgehead atoms. The van der Waals surface area contributed by atoms with E-state index < -0.39 is 0 Å². The lowest BCUT2D eigenvalue weighted by atomic mass is 10.1. The summed E-state index contributed by atoms with van der Waals surface area (Å²) >= 11 is 1.24. The van der Waals surface area contributed by atoms with Crippen LogP contribution >= 0.6 is 11.3 Å². The number of carbonyl (C=O) groups excluding carboxylic acids is 1. The fourth-order valence-electron chi connectivity index (χ4n) is 5.37. The van der Waals surface area contributed by atoms with Crippen LogP contribution in [0.15, 0.2) is 79.1 Å². The van der Waals surface area contributed by atoms with E-state index in [9.17, 15) is 9.90 Å². The Hall–Kier alpha value is -4.38. The van der Waals surface area contributed by atoms with E-state index in [0.717, 1.165) is 56.5 Å². The van der Waals surface area contributed by atoms with Crippen LogP contribution in [-0.2, 0) is 6.54 Å². The average molecular weight is 612 g/mol. The Labute approximate surface area is 260 Å². The Kier molecular flexibility index (Phi) is 9.11. The molecule has 1 fully saturated rings. The van der Waals surface area contributed by atoms with Crippen LogP contribution in [0.2, 0.25) is 0 Å². The summed E-state index contributed by atoms with van der Waals surface area (Å²) < 4.78 is 14.1. The minimum absolute atomic E-state index is 0.188. The lowest BCUT2D eigenvalue weighted by Crippen LogP contribution is -2.35. The van der Waals surface area contributed by atoms with E-state index in [1.54, 1.807) is 24.4 Å². The Balaban J connectivity index is 1.12. The summed E-state index contributed by atoms with van der Waals surface area (Å²) in [5.74, 6) is 0.869. The second kappa shape index (κ2) is 13.5. The predicted molar refractivity (Wildman–Crippen MR) is 175 cm³/mol. The van der Waals surface area contributed by atoms with Crippen molar-refractivity contribution in [2.75, 3.05) is 30.7 Å². The number of amides is 1. The minimum atomic E-state index is -0.251. The molecule has 3 aromatic carbocycles. The molecule has 4 N–H and O–H groups in total. The number of likely N-dealkylation sites (tertiary alicyclic amines) is 1. The number of hydrogen-bond acceptors (Lipinski definition) is 8. The van der Waals surface area contributed by atoms with Crippen molar-refractivity contribution in [1.82, 2.24) is 14.5 Å². The van der Waals surface area contributed by atoms with Gasteiger partial charge >= 0.3 is 0 Å². The van der Waals surface area contributed by atoms with E-state index in [0.29, 0.717) is 39.6 Å². The molecule has 10 heteroatoms. The number of aliphatic hydroxyl groups excluding tert-OH is 1. The van der Waals surface area contributed by atoms with Crippen LogP contribution in [0.5, 0.6) is 16.6 Å². The number of piperidine rings is 1. The van der Waals surface area contributed by atoms with Gasteiger partial charge in [-0.25, -0.2) is 4.98 Å². The highest BCUT2D eigenvalue weighted by molar-refractivity contribution is 7.17. The first-order chi connectivity index (χ1) is 21.5. The number of benzene rings is 3. The number of para-hydroxylation sites is 1. The van der Waals surface area contributed by atoms with Crippen LogP contribution in [0.3, 0.4) is 0 Å². The van der Waals surface area contributed by atoms with Gasteiger partial charge in [0.25, 0.3) is 5.91 Å². The summed E-state index contributed by atoms with van der Waals surface area (Å²) in [6.07, 6.45) is 7.16. The van der Waals surface area contributed by atoms with Crippen molar-refractivity contribution in [2.24, 2.45) is 0 Å². The molecule has 0 unspecified atom stereocenters. The van der Waals surface area contributed by atoms with Crippen LogP contribution in [0.1, 0.15) is 48.5 Å². The average Bonchev–Trinajstić information content (AvgIpc) is 3.64. The molecule has 9 nitrogen and oxygen atoms in total. The van der Waals surface area contributed by atoms with E-state index >= 15 is 0 Å². The standard InChI is InChI=1S/C34H37N5O4S/c1-2-3-18-42-31-19-25(35)10-13-30(31)43-32-20-36-34(44-32)37-33(41)23-8-11-26(12-9-23)39-22-24(28-6-4-5-7-29(28)39)21-38-16-14-27(40)15-17-38/h4-13,19-20,22,27,40H,2-3,14-18,21,35H2,1H3,(H,36,37,41). The molecule has 228 valence electrons. The number of thiazole rings is 1. The van der Waals surface area contributed by atoms with E-state index in [1.165, 1.54) is 22.3 Å². The van der Waals surface area contributed by atoms with Crippen molar-refractivity contribution >= 4 is 39.0 Å². The van der Waals surface area contributed by atoms with E-state index in [4.69, 9.17) is 15.2 Å². The van der Waals surface area contributed by atoms with Gasteiger partial charge in [0.15, 0.2) is 16.6 Å². The second-order valence-electron chi connectivity index (χ2n) is 11.0. The Morgan fingerprint density at radius 3 is 2.68 bits per heavy atom. The van der Waals surface area contributed by atoms with Gasteiger partial charge in [-0.05, 0) is 67.3 Å². The van der Waals surface area contributed by atoms with Crippen LogP contribution in [0.25, 0.3) is 16.6 Å². The number of aromatic nitrogens is 2. The van der Waals surface area contributed by atoms with Gasteiger partial charge < -0.3 is 24.9 Å². The van der Waals surface area contributed by atoms with Crippen molar-refractivity contribution in [1.29, 1.82) is 0 Å². The van der Waals surface area contributed by atoms with Crippen LogP contribution in [-0.4, -0.2) is 51.3 Å². The zero-order valence-electron chi connectivity index (χ0n) is 24.7. The number of nitrogens with two attached hydrogens (primary N) is 1. The number of nitrogen functional groups attached to an aromatic ring is 1. The number of fused-ring (bicyclic) bond motifs is 1. The molecule has 0 spiro atoms. The third-order valence-electron chi connectivity index (χ3n) is 7.79. The van der Waals surface area contributed by atoms with Crippen LogP contribution in [0, 0.1) is 0 Å². The molecule has 1 aliphatic heterocycles. The maximum atomic E-state index is 13.1. The highest BCUT2D eigenvalue weighted by Gasteiger charge is 2.19. The summed E-state index contributed by atoms with van der Waals surface area (Å²) in [4.78, 5) is 19.8. The fourth-order valence-corrected chi connectivity index (χ4v) is 6.05. The SMILES string of the molecule is CCCCOc1cc(N)ccc1Oc1cnc(NC(=O)c2ccc(-n3cc(CN4CCC(O)CC4)c4ccccc43)cc2)s1. The van der Waals surface area contributed by atoms with Gasteiger partial charge in [0.1, 0.15) is 0 Å². The smallest absolute Gasteiger partial charge is 0.257 e. The number of anilines is 2. The van der Waals surface area contributed by atoms with Crippen molar-refractivity contribution in [3.8, 4) is 22.2 Å². The monoisotopic (exact) mass is 611 g/mol. The van der Waals surface area contributed by atoms with Crippen LogP contribution in [0.4, 0.5) is 10.8 Å². The molecule has 6 rings (SSSR count). The quantitative estimate of drug-likeness (QED) is 0.111. The summed E-state index contributed by atoms with van der Waals surface area (Å²) in [5, 5.41) is 14.9. The number of unbranched alkanes of at least 4 members (excludes halogenated alkanes) is 1. The van der Waals surface area contributed by atoms with Crippen molar-refractivity contribution < 1.29 is 19.4 Å². The molecule has 0 saturated carbocycles. The van der Waals surface area contributed by atoms with E-state index in [-0.39, 0.29) is 12.0 Å². The molecule has 3 heterocycles. The lowest BCUT2D eigenvalue weighted by Gasteiger charge is -2.29. The number of rotatable bonds is 11. The van der Waals surface area contributed by atoms with Gasteiger partial charge in [0.05, 0.1) is 24.4 Å². The summed E-state index contributed by atoms with van der Waals surface area (Å²) in [5.41, 5.74) is 10.4. The summed E-state index contributed by atoms with van der Waals surface area (Å²) in [7, 11) is 0. The highest BCUT2D eigenvalue weighted by atomic mass is 32.1. The maximum absolute atomic E-state index is 13.1. The van der Waals surface area contributed by atoms with Gasteiger partial charge in [0, 0.05) is 54.2 Å². The molecule has 0 radical (unpaired) electrons. The zero-order valence-corrected chi connectivity index (χ0v) is 25.6. The number of carbonyl (C=O) groups is 1. The third-order valence-corrected chi connectivity index (χ3v) is 8.58. The summed E-state index contributed by atoms with van der Waals surface area (Å²) in [6.45, 7) is 5.31. The van der Waals surface area contributed by atoms with Crippen molar-refractivity contribution in [3.05, 3.63) is 90.3 Å². The largest absolute Gasteiger partial charge is 0.490 e. The van der Waals surface area contributed by atoms with Crippen molar-refractivity contribution in [3.63, 3.8) is 0 Å². The van der Waals surface area contributed by atoms with E-state index in [2.05, 4.69) is 51.1 Å². The minimum Gasteiger partial charge on any atom is -0.490 e. The third kappa shape index (κ3) is 6.88.